The minimum atomic E-state index is -0.923. The van der Waals surface area contributed by atoms with Gasteiger partial charge in [0.2, 0.25) is 5.91 Å². The van der Waals surface area contributed by atoms with Crippen molar-refractivity contribution in [2.24, 2.45) is 5.92 Å². The van der Waals surface area contributed by atoms with E-state index >= 15 is 0 Å². The second-order valence-electron chi connectivity index (χ2n) is 6.04. The topological polar surface area (TPSA) is 75.6 Å². The van der Waals surface area contributed by atoms with E-state index in [4.69, 9.17) is 4.74 Å². The van der Waals surface area contributed by atoms with Crippen LogP contribution in [0.3, 0.4) is 0 Å². The van der Waals surface area contributed by atoms with Gasteiger partial charge in [0, 0.05) is 6.54 Å². The molecule has 0 aliphatic heterocycles. The number of carbonyl (C=O) groups excluding carboxylic acids is 1. The van der Waals surface area contributed by atoms with Crippen LogP contribution in [-0.4, -0.2) is 36.2 Å². The molecule has 24 heavy (non-hydrogen) atoms. The van der Waals surface area contributed by atoms with Crippen LogP contribution in [0.2, 0.25) is 0 Å². The number of carboxylic acids is 1. The lowest BCUT2D eigenvalue weighted by Gasteiger charge is -2.15. The number of benzene rings is 2. The summed E-state index contributed by atoms with van der Waals surface area (Å²) in [6.45, 7) is 3.71. The number of aliphatic carboxylic acids is 1. The van der Waals surface area contributed by atoms with Gasteiger partial charge in [-0.1, -0.05) is 42.5 Å². The molecule has 2 aromatic carbocycles. The quantitative estimate of drug-likeness (QED) is 0.780. The highest BCUT2D eigenvalue weighted by atomic mass is 16.5. The van der Waals surface area contributed by atoms with E-state index < -0.39 is 11.9 Å². The van der Waals surface area contributed by atoms with Gasteiger partial charge in [0.25, 0.3) is 0 Å². The lowest BCUT2D eigenvalue weighted by atomic mass is 9.95. The van der Waals surface area contributed by atoms with Crippen molar-refractivity contribution in [3.8, 4) is 0 Å². The van der Waals surface area contributed by atoms with Crippen LogP contribution in [0.15, 0.2) is 42.5 Å². The molecule has 5 heteroatoms. The van der Waals surface area contributed by atoms with Gasteiger partial charge in [0.1, 0.15) is 6.61 Å². The van der Waals surface area contributed by atoms with Crippen LogP contribution in [0, 0.1) is 5.92 Å². The van der Waals surface area contributed by atoms with Crippen molar-refractivity contribution in [3.05, 3.63) is 48.0 Å². The first-order valence-corrected chi connectivity index (χ1v) is 8.05. The van der Waals surface area contributed by atoms with Crippen LogP contribution >= 0.6 is 0 Å². The van der Waals surface area contributed by atoms with E-state index in [9.17, 15) is 14.7 Å². The Bertz CT molecular complexity index is 706. The van der Waals surface area contributed by atoms with Crippen molar-refractivity contribution in [2.45, 2.75) is 26.4 Å². The number of amides is 1. The molecule has 0 aliphatic carbocycles. The van der Waals surface area contributed by atoms with Crippen LogP contribution < -0.4 is 5.32 Å². The van der Waals surface area contributed by atoms with Gasteiger partial charge in [-0.15, -0.1) is 0 Å². The van der Waals surface area contributed by atoms with E-state index in [0.717, 1.165) is 16.3 Å². The van der Waals surface area contributed by atoms with E-state index in [0.29, 0.717) is 6.42 Å². The molecule has 1 amide bonds. The maximum Gasteiger partial charge on any atom is 0.308 e. The normalized spacial score (nSPS) is 12.3. The van der Waals surface area contributed by atoms with E-state index in [1.807, 2.05) is 56.3 Å². The highest BCUT2D eigenvalue weighted by Crippen LogP contribution is 2.21. The molecule has 128 valence electrons. The van der Waals surface area contributed by atoms with Crippen molar-refractivity contribution in [1.82, 2.24) is 5.32 Å². The molecule has 0 aromatic heterocycles. The number of hydrogen-bond donors (Lipinski definition) is 2. The number of fused-ring (bicyclic) bond motifs is 1. The molecule has 2 aromatic rings. The summed E-state index contributed by atoms with van der Waals surface area (Å²) < 4.78 is 5.21. The van der Waals surface area contributed by atoms with Crippen LogP contribution in [0.1, 0.15) is 19.4 Å². The minimum absolute atomic E-state index is 0.0401. The van der Waals surface area contributed by atoms with Crippen molar-refractivity contribution < 1.29 is 19.4 Å². The van der Waals surface area contributed by atoms with Crippen LogP contribution in [0.4, 0.5) is 0 Å². The van der Waals surface area contributed by atoms with Crippen molar-refractivity contribution in [1.29, 1.82) is 0 Å². The highest BCUT2D eigenvalue weighted by Gasteiger charge is 2.20. The summed E-state index contributed by atoms with van der Waals surface area (Å²) in [5.74, 6) is -1.90. The Hall–Kier alpha value is -2.40. The number of ether oxygens (including phenoxy) is 1. The predicted molar refractivity (Wildman–Crippen MR) is 92.9 cm³/mol. The average Bonchev–Trinajstić information content (AvgIpc) is 2.56. The van der Waals surface area contributed by atoms with Gasteiger partial charge in [0.15, 0.2) is 0 Å². The number of rotatable bonds is 8. The lowest BCUT2D eigenvalue weighted by Crippen LogP contribution is -2.36. The highest BCUT2D eigenvalue weighted by molar-refractivity contribution is 5.86. The van der Waals surface area contributed by atoms with Gasteiger partial charge < -0.3 is 15.2 Å². The molecule has 0 saturated heterocycles. The van der Waals surface area contributed by atoms with Crippen molar-refractivity contribution in [2.75, 3.05) is 13.2 Å². The van der Waals surface area contributed by atoms with Crippen molar-refractivity contribution in [3.63, 3.8) is 0 Å². The number of carbonyl (C=O) groups is 2. The van der Waals surface area contributed by atoms with Gasteiger partial charge in [-0.25, -0.2) is 0 Å². The summed E-state index contributed by atoms with van der Waals surface area (Å²) in [5.41, 5.74) is 0.966. The van der Waals surface area contributed by atoms with Gasteiger partial charge in [0.05, 0.1) is 12.0 Å². The zero-order chi connectivity index (χ0) is 17.5. The lowest BCUT2D eigenvalue weighted by molar-refractivity contribution is -0.141. The SMILES string of the molecule is CC(C)OCC(=O)NCC(Cc1cccc2ccccc12)C(=O)O. The maximum absolute atomic E-state index is 11.7. The minimum Gasteiger partial charge on any atom is -0.481 e. The van der Waals surface area contributed by atoms with Gasteiger partial charge in [-0.3, -0.25) is 9.59 Å². The Kier molecular flexibility index (Phi) is 6.32. The standard InChI is InChI=1S/C19H23NO4/c1-13(2)24-12-18(21)20-11-16(19(22)23)10-15-8-5-7-14-6-3-4-9-17(14)15/h3-9,13,16H,10-12H2,1-2H3,(H,20,21)(H,22,23). The summed E-state index contributed by atoms with van der Waals surface area (Å²) in [6, 6.07) is 13.7. The fourth-order valence-corrected chi connectivity index (χ4v) is 2.51. The van der Waals surface area contributed by atoms with E-state index in [2.05, 4.69) is 5.32 Å². The predicted octanol–water partition coefficient (Wildman–Crippen LogP) is 2.62. The van der Waals surface area contributed by atoms with Crippen molar-refractivity contribution >= 4 is 22.6 Å². The molecule has 0 heterocycles. The fraction of sp³-hybridized carbons (Fsp3) is 0.368. The van der Waals surface area contributed by atoms with Gasteiger partial charge in [-0.2, -0.15) is 0 Å². The second kappa shape index (κ2) is 8.45. The first kappa shape index (κ1) is 17.9. The maximum atomic E-state index is 11.7. The number of carboxylic acid groups (broad SMARTS) is 1. The van der Waals surface area contributed by atoms with Gasteiger partial charge in [-0.05, 0) is 36.6 Å². The molecule has 0 spiro atoms. The Morgan fingerprint density at radius 1 is 1.12 bits per heavy atom. The third-order valence-corrected chi connectivity index (χ3v) is 3.79. The molecule has 2 N–H and O–H groups in total. The fourth-order valence-electron chi connectivity index (χ4n) is 2.51. The molecule has 0 bridgehead atoms. The average molecular weight is 329 g/mol. The summed E-state index contributed by atoms with van der Waals surface area (Å²) in [6.07, 6.45) is 0.323. The van der Waals surface area contributed by atoms with Crippen LogP contribution in [0.5, 0.6) is 0 Å². The third-order valence-electron chi connectivity index (χ3n) is 3.79. The summed E-state index contributed by atoms with van der Waals surface area (Å²) in [4.78, 5) is 23.2. The molecular formula is C19H23NO4. The Morgan fingerprint density at radius 2 is 1.83 bits per heavy atom. The molecule has 0 radical (unpaired) electrons. The zero-order valence-corrected chi connectivity index (χ0v) is 14.0. The summed E-state index contributed by atoms with van der Waals surface area (Å²) in [5, 5.41) is 14.2. The third kappa shape index (κ3) is 5.06. The van der Waals surface area contributed by atoms with Crippen LogP contribution in [0.25, 0.3) is 10.8 Å². The van der Waals surface area contributed by atoms with E-state index in [-0.39, 0.29) is 25.2 Å². The molecule has 2 rings (SSSR count). The van der Waals surface area contributed by atoms with E-state index in [1.54, 1.807) is 0 Å². The molecule has 1 unspecified atom stereocenters. The smallest absolute Gasteiger partial charge is 0.308 e. The summed E-state index contributed by atoms with van der Waals surface area (Å²) >= 11 is 0. The van der Waals surface area contributed by atoms with Crippen LogP contribution in [-0.2, 0) is 20.7 Å². The second-order valence-corrected chi connectivity index (χ2v) is 6.04. The molecule has 0 saturated carbocycles. The number of hydrogen-bond acceptors (Lipinski definition) is 3. The Morgan fingerprint density at radius 3 is 2.54 bits per heavy atom. The molecule has 1 atom stereocenters. The monoisotopic (exact) mass is 329 g/mol. The molecule has 5 nitrogen and oxygen atoms in total. The molecular weight excluding hydrogens is 306 g/mol. The first-order chi connectivity index (χ1) is 11.5. The Balaban J connectivity index is 2.03. The zero-order valence-electron chi connectivity index (χ0n) is 14.0. The summed E-state index contributed by atoms with van der Waals surface area (Å²) in [7, 11) is 0. The Labute approximate surface area is 141 Å². The first-order valence-electron chi connectivity index (χ1n) is 8.05. The largest absolute Gasteiger partial charge is 0.481 e. The van der Waals surface area contributed by atoms with E-state index in [1.165, 1.54) is 0 Å². The molecule has 0 fully saturated rings. The molecule has 0 aliphatic rings. The van der Waals surface area contributed by atoms with Gasteiger partial charge >= 0.3 is 5.97 Å². The number of nitrogens with one attached hydrogen (secondary N) is 1.